The van der Waals surface area contributed by atoms with Crippen LogP contribution in [0.5, 0.6) is 0 Å². The highest BCUT2D eigenvalue weighted by Gasteiger charge is 2.52. The Balaban J connectivity index is 1.31. The van der Waals surface area contributed by atoms with Gasteiger partial charge in [-0.15, -0.1) is 11.3 Å². The van der Waals surface area contributed by atoms with Crippen LogP contribution in [0, 0.1) is 0 Å². The molecular formula is C20H20Cl2N4O3S. The lowest BCUT2D eigenvalue weighted by molar-refractivity contribution is -0.131. The molecule has 0 bridgehead atoms. The van der Waals surface area contributed by atoms with E-state index < -0.39 is 11.6 Å². The number of nitrogens with one attached hydrogen (secondary N) is 2. The van der Waals surface area contributed by atoms with E-state index in [1.165, 1.54) is 11.3 Å². The van der Waals surface area contributed by atoms with Gasteiger partial charge in [0.25, 0.3) is 5.91 Å². The molecule has 1 aliphatic carbocycles. The van der Waals surface area contributed by atoms with E-state index in [-0.39, 0.29) is 24.8 Å². The number of imide groups is 1. The number of aromatic nitrogens is 1. The number of carbonyl (C=O) groups is 3. The zero-order chi connectivity index (χ0) is 21.3. The molecule has 1 spiro atoms. The first-order valence-electron chi connectivity index (χ1n) is 9.69. The van der Waals surface area contributed by atoms with Crippen molar-refractivity contribution in [3.63, 3.8) is 0 Å². The summed E-state index contributed by atoms with van der Waals surface area (Å²) in [6.07, 6.45) is 5.47. The third-order valence-electron chi connectivity index (χ3n) is 5.45. The van der Waals surface area contributed by atoms with Crippen molar-refractivity contribution in [2.24, 2.45) is 0 Å². The number of benzene rings is 1. The third kappa shape index (κ3) is 4.31. The maximum atomic E-state index is 12.6. The molecule has 10 heteroatoms. The zero-order valence-electron chi connectivity index (χ0n) is 16.0. The number of thiazole rings is 1. The molecule has 0 unspecified atom stereocenters. The van der Waals surface area contributed by atoms with Crippen LogP contribution in [0.3, 0.4) is 0 Å². The molecule has 1 aromatic carbocycles. The molecule has 7 nitrogen and oxygen atoms in total. The standard InChI is InChI=1S/C20H20Cl2N4O3S/c21-13-4-3-12(15(22)10-13)9-14-11-23-18(30-14)24-16(27)5-8-26-17(28)20(25-19(26)29)6-1-2-7-20/h3-4,10-11H,1-2,5-9H2,(H,25,29)(H,23,24,27). The SMILES string of the molecule is O=C(CCN1C(=O)NC2(CCCC2)C1=O)Nc1ncc(Cc2ccc(Cl)cc2Cl)s1. The van der Waals surface area contributed by atoms with Crippen LogP contribution in [0.25, 0.3) is 0 Å². The largest absolute Gasteiger partial charge is 0.325 e. The van der Waals surface area contributed by atoms with Crippen LogP contribution in [-0.4, -0.2) is 39.8 Å². The summed E-state index contributed by atoms with van der Waals surface area (Å²) in [5, 5.41) is 7.16. The van der Waals surface area contributed by atoms with Gasteiger partial charge in [0.1, 0.15) is 5.54 Å². The smallest absolute Gasteiger partial charge is 0.323 e. The second-order valence-corrected chi connectivity index (χ2v) is 9.48. The summed E-state index contributed by atoms with van der Waals surface area (Å²) >= 11 is 13.5. The summed E-state index contributed by atoms with van der Waals surface area (Å²) in [4.78, 5) is 43.4. The Kier molecular flexibility index (Phi) is 5.99. The van der Waals surface area contributed by atoms with Gasteiger partial charge in [0.2, 0.25) is 5.91 Å². The molecule has 2 N–H and O–H groups in total. The molecule has 2 aliphatic rings. The summed E-state index contributed by atoms with van der Waals surface area (Å²) in [7, 11) is 0. The van der Waals surface area contributed by atoms with Gasteiger partial charge in [-0.1, -0.05) is 42.1 Å². The topological polar surface area (TPSA) is 91.4 Å². The van der Waals surface area contributed by atoms with Crippen LogP contribution in [0.1, 0.15) is 42.5 Å². The lowest BCUT2D eigenvalue weighted by Crippen LogP contribution is -2.44. The molecular weight excluding hydrogens is 447 g/mol. The number of carbonyl (C=O) groups excluding carboxylic acids is 3. The Morgan fingerprint density at radius 2 is 2.03 bits per heavy atom. The Morgan fingerprint density at radius 3 is 2.77 bits per heavy atom. The van der Waals surface area contributed by atoms with E-state index in [0.29, 0.717) is 34.4 Å². The fraction of sp³-hybridized carbons (Fsp3) is 0.400. The molecule has 1 saturated heterocycles. The maximum Gasteiger partial charge on any atom is 0.325 e. The highest BCUT2D eigenvalue weighted by Crippen LogP contribution is 2.35. The Morgan fingerprint density at radius 1 is 1.27 bits per heavy atom. The molecule has 1 saturated carbocycles. The Hall–Kier alpha value is -2.16. The minimum Gasteiger partial charge on any atom is -0.323 e. The molecule has 0 radical (unpaired) electrons. The molecule has 158 valence electrons. The number of nitrogens with zero attached hydrogens (tertiary/aromatic N) is 2. The van der Waals surface area contributed by atoms with E-state index in [2.05, 4.69) is 15.6 Å². The average Bonchev–Trinajstić information content (AvgIpc) is 3.39. The quantitative estimate of drug-likeness (QED) is 0.622. The van der Waals surface area contributed by atoms with Crippen molar-refractivity contribution < 1.29 is 14.4 Å². The van der Waals surface area contributed by atoms with Crippen LogP contribution in [0.15, 0.2) is 24.4 Å². The first-order chi connectivity index (χ1) is 14.4. The molecule has 2 fully saturated rings. The second kappa shape index (κ2) is 8.53. The zero-order valence-corrected chi connectivity index (χ0v) is 18.4. The normalized spacial score (nSPS) is 17.6. The van der Waals surface area contributed by atoms with Crippen LogP contribution in [0.4, 0.5) is 9.93 Å². The lowest BCUT2D eigenvalue weighted by atomic mass is 9.98. The van der Waals surface area contributed by atoms with Crippen molar-refractivity contribution in [2.75, 3.05) is 11.9 Å². The van der Waals surface area contributed by atoms with Gasteiger partial charge in [0, 0.05) is 40.5 Å². The predicted octanol–water partition coefficient (Wildman–Crippen LogP) is 4.23. The summed E-state index contributed by atoms with van der Waals surface area (Å²) in [6, 6.07) is 4.91. The fourth-order valence-electron chi connectivity index (χ4n) is 3.89. The van der Waals surface area contributed by atoms with Crippen molar-refractivity contribution in [3.8, 4) is 0 Å². The Bertz CT molecular complexity index is 1000. The maximum absolute atomic E-state index is 12.6. The van der Waals surface area contributed by atoms with Gasteiger partial charge >= 0.3 is 6.03 Å². The minimum absolute atomic E-state index is 0.0210. The molecule has 4 rings (SSSR count). The molecule has 4 amide bonds. The molecule has 30 heavy (non-hydrogen) atoms. The number of rotatable bonds is 6. The number of anilines is 1. The van der Waals surface area contributed by atoms with E-state index in [0.717, 1.165) is 28.2 Å². The third-order valence-corrected chi connectivity index (χ3v) is 6.94. The molecule has 1 aromatic heterocycles. The summed E-state index contributed by atoms with van der Waals surface area (Å²) < 4.78 is 0. The van der Waals surface area contributed by atoms with Crippen LogP contribution in [-0.2, 0) is 16.0 Å². The molecule has 2 heterocycles. The van der Waals surface area contributed by atoms with E-state index >= 15 is 0 Å². The van der Waals surface area contributed by atoms with Crippen LogP contribution >= 0.6 is 34.5 Å². The first-order valence-corrected chi connectivity index (χ1v) is 11.3. The van der Waals surface area contributed by atoms with E-state index in [1.54, 1.807) is 18.3 Å². The number of urea groups is 1. The molecule has 0 atom stereocenters. The van der Waals surface area contributed by atoms with Crippen molar-refractivity contribution in [1.82, 2.24) is 15.2 Å². The number of hydrogen-bond donors (Lipinski definition) is 2. The van der Waals surface area contributed by atoms with Gasteiger partial charge < -0.3 is 10.6 Å². The van der Waals surface area contributed by atoms with Crippen LogP contribution < -0.4 is 10.6 Å². The average molecular weight is 467 g/mol. The second-order valence-electron chi connectivity index (χ2n) is 7.52. The van der Waals surface area contributed by atoms with Crippen molar-refractivity contribution >= 4 is 57.5 Å². The van der Waals surface area contributed by atoms with Crippen molar-refractivity contribution in [3.05, 3.63) is 44.9 Å². The minimum atomic E-state index is -0.749. The monoisotopic (exact) mass is 466 g/mol. The summed E-state index contributed by atoms with van der Waals surface area (Å²) in [6.45, 7) is 0.0524. The van der Waals surface area contributed by atoms with E-state index in [4.69, 9.17) is 23.2 Å². The van der Waals surface area contributed by atoms with Crippen molar-refractivity contribution in [1.29, 1.82) is 0 Å². The number of hydrogen-bond acceptors (Lipinski definition) is 5. The fourth-order valence-corrected chi connectivity index (χ4v) is 5.22. The van der Waals surface area contributed by atoms with E-state index in [1.807, 2.05) is 6.07 Å². The van der Waals surface area contributed by atoms with Gasteiger partial charge in [-0.2, -0.15) is 0 Å². The lowest BCUT2D eigenvalue weighted by Gasteiger charge is -2.19. The highest BCUT2D eigenvalue weighted by atomic mass is 35.5. The van der Waals surface area contributed by atoms with Crippen LogP contribution in [0.2, 0.25) is 10.0 Å². The summed E-state index contributed by atoms with van der Waals surface area (Å²) in [5.74, 6) is -0.512. The van der Waals surface area contributed by atoms with E-state index in [9.17, 15) is 14.4 Å². The van der Waals surface area contributed by atoms with Gasteiger partial charge in [-0.25, -0.2) is 9.78 Å². The Labute approximate surface area is 187 Å². The molecule has 1 aliphatic heterocycles. The van der Waals surface area contributed by atoms with Crippen molar-refractivity contribution in [2.45, 2.75) is 44.1 Å². The number of amides is 4. The predicted molar refractivity (Wildman–Crippen MR) is 116 cm³/mol. The molecule has 2 aromatic rings. The summed E-state index contributed by atoms with van der Waals surface area (Å²) in [5.41, 5.74) is 0.169. The highest BCUT2D eigenvalue weighted by molar-refractivity contribution is 7.15. The van der Waals surface area contributed by atoms with Gasteiger partial charge in [-0.3, -0.25) is 14.5 Å². The number of halogens is 2. The van der Waals surface area contributed by atoms with Gasteiger partial charge in [-0.05, 0) is 30.5 Å². The van der Waals surface area contributed by atoms with Gasteiger partial charge in [0.15, 0.2) is 5.13 Å². The first kappa shape index (κ1) is 21.1. The van der Waals surface area contributed by atoms with Gasteiger partial charge in [0.05, 0.1) is 0 Å².